The Bertz CT molecular complexity index is 282. The Kier molecular flexibility index (Phi) is 6.30. The van der Waals surface area contributed by atoms with Crippen LogP contribution in [0.5, 0.6) is 0 Å². The molecule has 0 bridgehead atoms. The van der Waals surface area contributed by atoms with Crippen LogP contribution >= 0.6 is 0 Å². The normalized spacial score (nSPS) is 10.5. The molecule has 1 rings (SSSR count). The molecule has 0 amide bonds. The third kappa shape index (κ3) is 6.22. The third-order valence-electron chi connectivity index (χ3n) is 2.51. The molecule has 16 heavy (non-hydrogen) atoms. The van der Waals surface area contributed by atoms with Crippen LogP contribution in [0.25, 0.3) is 0 Å². The van der Waals surface area contributed by atoms with Gasteiger partial charge in [-0.15, -0.1) is 0 Å². The molecule has 1 heterocycles. The van der Waals surface area contributed by atoms with Crippen molar-refractivity contribution in [2.75, 3.05) is 0 Å². The van der Waals surface area contributed by atoms with Gasteiger partial charge in [0.15, 0.2) is 5.89 Å². The van der Waals surface area contributed by atoms with Crippen molar-refractivity contribution in [2.24, 2.45) is 0 Å². The molecule has 4 heteroatoms. The maximum Gasteiger partial charge on any atom is 0.303 e. The van der Waals surface area contributed by atoms with Crippen LogP contribution in [-0.4, -0.2) is 16.1 Å². The second-order valence-electron chi connectivity index (χ2n) is 3.94. The molecule has 0 radical (unpaired) electrons. The second-order valence-corrected chi connectivity index (χ2v) is 3.94. The highest BCUT2D eigenvalue weighted by Crippen LogP contribution is 2.09. The van der Waals surface area contributed by atoms with Crippen molar-refractivity contribution >= 4 is 5.97 Å². The highest BCUT2D eigenvalue weighted by Gasteiger charge is 1.98. The summed E-state index contributed by atoms with van der Waals surface area (Å²) in [6.45, 7) is 0. The Morgan fingerprint density at radius 1 is 1.19 bits per heavy atom. The molecule has 0 unspecified atom stereocenters. The van der Waals surface area contributed by atoms with Gasteiger partial charge >= 0.3 is 5.97 Å². The lowest BCUT2D eigenvalue weighted by atomic mass is 10.1. The van der Waals surface area contributed by atoms with Crippen LogP contribution in [0.1, 0.15) is 50.8 Å². The quantitative estimate of drug-likeness (QED) is 0.656. The number of aromatic nitrogens is 1. The maximum absolute atomic E-state index is 10.2. The molecule has 0 aliphatic carbocycles. The zero-order valence-corrected chi connectivity index (χ0v) is 9.52. The smallest absolute Gasteiger partial charge is 0.303 e. The van der Waals surface area contributed by atoms with E-state index < -0.39 is 5.97 Å². The van der Waals surface area contributed by atoms with Crippen molar-refractivity contribution in [3.8, 4) is 0 Å². The summed E-state index contributed by atoms with van der Waals surface area (Å²) in [6.07, 6.45) is 10.8. The number of carboxylic acids is 1. The van der Waals surface area contributed by atoms with Gasteiger partial charge in [-0.3, -0.25) is 4.79 Å². The molecule has 1 aromatic heterocycles. The Morgan fingerprint density at radius 2 is 1.88 bits per heavy atom. The van der Waals surface area contributed by atoms with Crippen molar-refractivity contribution in [3.63, 3.8) is 0 Å². The van der Waals surface area contributed by atoms with Gasteiger partial charge in [0.05, 0.1) is 6.20 Å². The predicted molar refractivity (Wildman–Crippen MR) is 60.2 cm³/mol. The summed E-state index contributed by atoms with van der Waals surface area (Å²) >= 11 is 0. The molecule has 0 aliphatic rings. The van der Waals surface area contributed by atoms with Crippen LogP contribution in [0.4, 0.5) is 0 Å². The molecule has 1 N–H and O–H groups in total. The Morgan fingerprint density at radius 3 is 2.50 bits per heavy atom. The molecule has 0 saturated heterocycles. The molecule has 90 valence electrons. The van der Waals surface area contributed by atoms with Gasteiger partial charge in [0.2, 0.25) is 0 Å². The number of aryl methyl sites for hydroxylation is 1. The minimum Gasteiger partial charge on any atom is -0.481 e. The van der Waals surface area contributed by atoms with E-state index in [1.807, 2.05) is 0 Å². The second kappa shape index (κ2) is 7.91. The van der Waals surface area contributed by atoms with Crippen LogP contribution in [0.15, 0.2) is 16.9 Å². The maximum atomic E-state index is 10.2. The fourth-order valence-corrected chi connectivity index (χ4v) is 1.64. The van der Waals surface area contributed by atoms with Gasteiger partial charge in [0, 0.05) is 12.8 Å². The van der Waals surface area contributed by atoms with Gasteiger partial charge in [0.25, 0.3) is 0 Å². The largest absolute Gasteiger partial charge is 0.481 e. The number of rotatable bonds is 9. The first-order valence-corrected chi connectivity index (χ1v) is 5.89. The number of oxazole rings is 1. The average molecular weight is 225 g/mol. The van der Waals surface area contributed by atoms with Crippen LogP contribution in [0, 0.1) is 0 Å². The Balaban J connectivity index is 1.83. The Hall–Kier alpha value is -1.32. The SMILES string of the molecule is O=C(O)CCCCCCCCc1ncco1. The van der Waals surface area contributed by atoms with E-state index in [0.717, 1.165) is 44.4 Å². The van der Waals surface area contributed by atoms with Crippen molar-refractivity contribution < 1.29 is 14.3 Å². The lowest BCUT2D eigenvalue weighted by Crippen LogP contribution is -1.93. The van der Waals surface area contributed by atoms with Crippen molar-refractivity contribution in [3.05, 3.63) is 18.4 Å². The molecule has 0 fully saturated rings. The molecule has 4 nitrogen and oxygen atoms in total. The van der Waals surface area contributed by atoms with Crippen molar-refractivity contribution in [1.29, 1.82) is 0 Å². The first-order chi connectivity index (χ1) is 7.79. The third-order valence-corrected chi connectivity index (χ3v) is 2.51. The van der Waals surface area contributed by atoms with Gasteiger partial charge in [-0.05, 0) is 12.8 Å². The first kappa shape index (κ1) is 12.7. The Labute approximate surface area is 95.7 Å². The summed E-state index contributed by atoms with van der Waals surface area (Å²) in [6, 6.07) is 0. The predicted octanol–water partition coefficient (Wildman–Crippen LogP) is 3.03. The van der Waals surface area contributed by atoms with Gasteiger partial charge in [-0.2, -0.15) is 0 Å². The zero-order chi connectivity index (χ0) is 11.6. The molecule has 0 atom stereocenters. The standard InChI is InChI=1S/C12H19NO3/c14-12(15)8-6-4-2-1-3-5-7-11-13-9-10-16-11/h9-10H,1-8H2,(H,14,15). The topological polar surface area (TPSA) is 63.3 Å². The molecular formula is C12H19NO3. The number of nitrogens with zero attached hydrogens (tertiary/aromatic N) is 1. The average Bonchev–Trinajstić information content (AvgIpc) is 2.74. The van der Waals surface area contributed by atoms with Crippen molar-refractivity contribution in [1.82, 2.24) is 4.98 Å². The monoisotopic (exact) mass is 225 g/mol. The van der Waals surface area contributed by atoms with Crippen molar-refractivity contribution in [2.45, 2.75) is 51.4 Å². The van der Waals surface area contributed by atoms with Crippen LogP contribution in [0.3, 0.4) is 0 Å². The van der Waals surface area contributed by atoms with Gasteiger partial charge < -0.3 is 9.52 Å². The molecule has 0 aromatic carbocycles. The first-order valence-electron chi connectivity index (χ1n) is 5.89. The fourth-order valence-electron chi connectivity index (χ4n) is 1.64. The summed E-state index contributed by atoms with van der Waals surface area (Å²) in [5.41, 5.74) is 0. The van der Waals surface area contributed by atoms with E-state index in [1.165, 1.54) is 6.42 Å². The number of carbonyl (C=O) groups is 1. The minimum atomic E-state index is -0.691. The summed E-state index contributed by atoms with van der Waals surface area (Å²) in [7, 11) is 0. The minimum absolute atomic E-state index is 0.302. The number of hydrogen-bond donors (Lipinski definition) is 1. The van der Waals surface area contributed by atoms with E-state index >= 15 is 0 Å². The molecule has 0 saturated carbocycles. The van der Waals surface area contributed by atoms with Crippen LogP contribution in [0.2, 0.25) is 0 Å². The number of aliphatic carboxylic acids is 1. The van der Waals surface area contributed by atoms with Crippen LogP contribution in [-0.2, 0) is 11.2 Å². The lowest BCUT2D eigenvalue weighted by molar-refractivity contribution is -0.137. The number of carboxylic acid groups (broad SMARTS) is 1. The summed E-state index contributed by atoms with van der Waals surface area (Å²) < 4.78 is 5.13. The summed E-state index contributed by atoms with van der Waals surface area (Å²) in [5, 5.41) is 8.44. The molecule has 0 aliphatic heterocycles. The molecule has 0 spiro atoms. The van der Waals surface area contributed by atoms with E-state index in [-0.39, 0.29) is 0 Å². The fraction of sp³-hybridized carbons (Fsp3) is 0.667. The highest BCUT2D eigenvalue weighted by molar-refractivity contribution is 5.66. The molecule has 1 aromatic rings. The van der Waals surface area contributed by atoms with Gasteiger partial charge in [-0.25, -0.2) is 4.98 Å². The van der Waals surface area contributed by atoms with E-state index in [0.29, 0.717) is 6.42 Å². The van der Waals surface area contributed by atoms with E-state index in [1.54, 1.807) is 12.5 Å². The number of unbranched alkanes of at least 4 members (excludes halogenated alkanes) is 5. The zero-order valence-electron chi connectivity index (χ0n) is 9.52. The summed E-state index contributed by atoms with van der Waals surface area (Å²) in [5.74, 6) is 0.120. The van der Waals surface area contributed by atoms with Gasteiger partial charge in [-0.1, -0.05) is 25.7 Å². The van der Waals surface area contributed by atoms with E-state index in [9.17, 15) is 4.79 Å². The van der Waals surface area contributed by atoms with Gasteiger partial charge in [0.1, 0.15) is 6.26 Å². The molecular weight excluding hydrogens is 206 g/mol. The number of hydrogen-bond acceptors (Lipinski definition) is 3. The van der Waals surface area contributed by atoms with Crippen LogP contribution < -0.4 is 0 Å². The highest BCUT2D eigenvalue weighted by atomic mass is 16.4. The lowest BCUT2D eigenvalue weighted by Gasteiger charge is -1.99. The van der Waals surface area contributed by atoms with E-state index in [4.69, 9.17) is 9.52 Å². The summed E-state index contributed by atoms with van der Waals surface area (Å²) in [4.78, 5) is 14.3. The van der Waals surface area contributed by atoms with E-state index in [2.05, 4.69) is 4.98 Å².